The summed E-state index contributed by atoms with van der Waals surface area (Å²) in [6.07, 6.45) is -0.288. The lowest BCUT2D eigenvalue weighted by Gasteiger charge is -2.30. The summed E-state index contributed by atoms with van der Waals surface area (Å²) in [7, 11) is -4.09. The predicted octanol–water partition coefficient (Wildman–Crippen LogP) is 2.12. The molecule has 7 nitrogen and oxygen atoms in total. The van der Waals surface area contributed by atoms with Gasteiger partial charge in [0.05, 0.1) is 10.6 Å². The molecular formula is C19H19ClN2O5S. The largest absolute Gasteiger partial charge is 0.449 e. The lowest BCUT2D eigenvalue weighted by atomic mass is 9.99. The van der Waals surface area contributed by atoms with Crippen LogP contribution >= 0.6 is 11.6 Å². The van der Waals surface area contributed by atoms with Gasteiger partial charge in [0.1, 0.15) is 4.90 Å². The lowest BCUT2D eigenvalue weighted by Crippen LogP contribution is -2.42. The van der Waals surface area contributed by atoms with Crippen LogP contribution in [0.25, 0.3) is 0 Å². The first-order valence-corrected chi connectivity index (χ1v) is 10.5. The highest BCUT2D eigenvalue weighted by Crippen LogP contribution is 2.23. The average molecular weight is 423 g/mol. The second-order valence-electron chi connectivity index (χ2n) is 6.52. The molecule has 9 heteroatoms. The van der Waals surface area contributed by atoms with E-state index in [0.29, 0.717) is 13.1 Å². The summed E-state index contributed by atoms with van der Waals surface area (Å²) >= 11 is 5.81. The van der Waals surface area contributed by atoms with Crippen molar-refractivity contribution in [1.29, 1.82) is 0 Å². The Kier molecular flexibility index (Phi) is 5.74. The first kappa shape index (κ1) is 20.3. The van der Waals surface area contributed by atoms with E-state index >= 15 is 0 Å². The number of nitrogens with two attached hydrogens (primary N) is 1. The standard InChI is InChI=1S/C19H19ClN2O5S/c1-12(18(23)22-9-8-13-4-2-3-5-15(13)11-22)27-19(24)14-6-7-16(20)17(10-14)28(21,25)26/h2-7,10,12H,8-9,11H2,1H3,(H2,21,25,26). The SMILES string of the molecule is CC(OC(=O)c1ccc(Cl)c(S(N)(=O)=O)c1)C(=O)N1CCc2ccccc2C1. The van der Waals surface area contributed by atoms with Crippen LogP contribution in [0.15, 0.2) is 47.4 Å². The van der Waals surface area contributed by atoms with Crippen LogP contribution in [0.1, 0.15) is 28.4 Å². The highest BCUT2D eigenvalue weighted by molar-refractivity contribution is 7.89. The molecule has 0 saturated carbocycles. The van der Waals surface area contributed by atoms with Gasteiger partial charge in [-0.15, -0.1) is 0 Å². The topological polar surface area (TPSA) is 107 Å². The van der Waals surface area contributed by atoms with Crippen molar-refractivity contribution in [3.63, 3.8) is 0 Å². The molecule has 148 valence electrons. The molecule has 1 aliphatic heterocycles. The maximum Gasteiger partial charge on any atom is 0.338 e. The van der Waals surface area contributed by atoms with Crippen molar-refractivity contribution in [1.82, 2.24) is 4.90 Å². The Morgan fingerprint density at radius 3 is 2.54 bits per heavy atom. The third-order valence-electron chi connectivity index (χ3n) is 4.55. The second-order valence-corrected chi connectivity index (χ2v) is 8.45. The minimum Gasteiger partial charge on any atom is -0.449 e. The fourth-order valence-electron chi connectivity index (χ4n) is 3.07. The van der Waals surface area contributed by atoms with Gasteiger partial charge in [-0.1, -0.05) is 35.9 Å². The zero-order valence-electron chi connectivity index (χ0n) is 15.1. The lowest BCUT2D eigenvalue weighted by molar-refractivity contribution is -0.140. The minimum atomic E-state index is -4.09. The van der Waals surface area contributed by atoms with Gasteiger partial charge in [-0.2, -0.15) is 0 Å². The highest BCUT2D eigenvalue weighted by atomic mass is 35.5. The third-order valence-corrected chi connectivity index (χ3v) is 5.94. The summed E-state index contributed by atoms with van der Waals surface area (Å²) in [6, 6.07) is 11.5. The third kappa shape index (κ3) is 4.35. The smallest absolute Gasteiger partial charge is 0.338 e. The van der Waals surface area contributed by atoms with Gasteiger partial charge in [-0.25, -0.2) is 18.4 Å². The van der Waals surface area contributed by atoms with Crippen LogP contribution in [0.5, 0.6) is 0 Å². The number of amides is 1. The van der Waals surface area contributed by atoms with Gasteiger partial charge in [0.25, 0.3) is 5.91 Å². The zero-order valence-corrected chi connectivity index (χ0v) is 16.7. The zero-order chi connectivity index (χ0) is 20.5. The number of nitrogens with zero attached hydrogens (tertiary/aromatic N) is 1. The van der Waals surface area contributed by atoms with Crippen molar-refractivity contribution in [2.75, 3.05) is 6.54 Å². The van der Waals surface area contributed by atoms with Crippen molar-refractivity contribution in [3.05, 3.63) is 64.2 Å². The van der Waals surface area contributed by atoms with Gasteiger partial charge in [0, 0.05) is 13.1 Å². The number of esters is 1. The summed E-state index contributed by atoms with van der Waals surface area (Å²) in [5, 5.41) is 4.99. The molecule has 1 unspecified atom stereocenters. The molecule has 2 aromatic carbocycles. The number of sulfonamides is 1. The molecule has 0 spiro atoms. The number of hydrogen-bond acceptors (Lipinski definition) is 5. The number of hydrogen-bond donors (Lipinski definition) is 1. The van der Waals surface area contributed by atoms with Crippen molar-refractivity contribution in [2.24, 2.45) is 5.14 Å². The van der Waals surface area contributed by atoms with E-state index in [0.717, 1.165) is 18.1 Å². The quantitative estimate of drug-likeness (QED) is 0.759. The summed E-state index contributed by atoms with van der Waals surface area (Å²) < 4.78 is 28.3. The van der Waals surface area contributed by atoms with E-state index in [1.54, 1.807) is 4.90 Å². The molecule has 0 aliphatic carbocycles. The summed E-state index contributed by atoms with van der Waals surface area (Å²) in [5.41, 5.74) is 2.21. The molecular weight excluding hydrogens is 404 g/mol. The summed E-state index contributed by atoms with van der Waals surface area (Å²) in [5.74, 6) is -1.15. The van der Waals surface area contributed by atoms with E-state index in [1.807, 2.05) is 24.3 Å². The van der Waals surface area contributed by atoms with E-state index in [1.165, 1.54) is 24.6 Å². The molecule has 0 saturated heterocycles. The van der Waals surface area contributed by atoms with Gasteiger partial charge in [0.15, 0.2) is 6.10 Å². The molecule has 0 radical (unpaired) electrons. The van der Waals surface area contributed by atoms with Gasteiger partial charge in [-0.05, 0) is 42.7 Å². The highest BCUT2D eigenvalue weighted by Gasteiger charge is 2.27. The van der Waals surface area contributed by atoms with Gasteiger partial charge >= 0.3 is 5.97 Å². The number of halogens is 1. The van der Waals surface area contributed by atoms with Gasteiger partial charge in [0.2, 0.25) is 10.0 Å². The molecule has 1 aliphatic rings. The Labute approximate surface area is 168 Å². The Balaban J connectivity index is 1.70. The van der Waals surface area contributed by atoms with Crippen molar-refractivity contribution in [2.45, 2.75) is 30.9 Å². The monoisotopic (exact) mass is 422 g/mol. The van der Waals surface area contributed by atoms with Crippen molar-refractivity contribution >= 4 is 33.5 Å². The first-order valence-electron chi connectivity index (χ1n) is 8.55. The average Bonchev–Trinajstić information content (AvgIpc) is 2.66. The van der Waals surface area contributed by atoms with Crippen LogP contribution in [0, 0.1) is 0 Å². The van der Waals surface area contributed by atoms with Crippen LogP contribution in [0.4, 0.5) is 0 Å². The molecule has 1 amide bonds. The number of benzene rings is 2. The number of rotatable bonds is 4. The molecule has 2 aromatic rings. The molecule has 1 atom stereocenters. The molecule has 1 heterocycles. The molecule has 0 aromatic heterocycles. The molecule has 0 bridgehead atoms. The van der Waals surface area contributed by atoms with Gasteiger partial charge < -0.3 is 9.64 Å². The summed E-state index contributed by atoms with van der Waals surface area (Å²) in [4.78, 5) is 26.3. The molecule has 28 heavy (non-hydrogen) atoms. The van der Waals surface area contributed by atoms with Crippen molar-refractivity contribution < 1.29 is 22.7 Å². The molecule has 0 fully saturated rings. The maximum absolute atomic E-state index is 12.7. The second kappa shape index (κ2) is 7.90. The Hall–Kier alpha value is -2.42. The Morgan fingerprint density at radius 2 is 1.86 bits per heavy atom. The number of ether oxygens (including phenoxy) is 1. The predicted molar refractivity (Wildman–Crippen MR) is 103 cm³/mol. The fraction of sp³-hybridized carbons (Fsp3) is 0.263. The van der Waals surface area contributed by atoms with E-state index in [2.05, 4.69) is 0 Å². The maximum atomic E-state index is 12.7. The van der Waals surface area contributed by atoms with E-state index in [4.69, 9.17) is 21.5 Å². The Morgan fingerprint density at radius 1 is 1.18 bits per heavy atom. The van der Waals surface area contributed by atoms with Crippen LogP contribution in [-0.2, 0) is 32.5 Å². The van der Waals surface area contributed by atoms with E-state index < -0.39 is 22.1 Å². The van der Waals surface area contributed by atoms with Crippen LogP contribution < -0.4 is 5.14 Å². The van der Waals surface area contributed by atoms with Crippen LogP contribution in [0.3, 0.4) is 0 Å². The fourth-order valence-corrected chi connectivity index (χ4v) is 4.14. The van der Waals surface area contributed by atoms with Crippen LogP contribution in [0.2, 0.25) is 5.02 Å². The van der Waals surface area contributed by atoms with Crippen LogP contribution in [-0.4, -0.2) is 37.8 Å². The first-order chi connectivity index (χ1) is 13.2. The van der Waals surface area contributed by atoms with Crippen molar-refractivity contribution in [3.8, 4) is 0 Å². The van der Waals surface area contributed by atoms with E-state index in [9.17, 15) is 18.0 Å². The number of fused-ring (bicyclic) bond motifs is 1. The number of carbonyl (C=O) groups excluding carboxylic acids is 2. The summed E-state index contributed by atoms with van der Waals surface area (Å²) in [6.45, 7) is 2.47. The normalized spacial score (nSPS) is 14.9. The number of primary sulfonamides is 1. The molecule has 2 N–H and O–H groups in total. The Bertz CT molecular complexity index is 1040. The van der Waals surface area contributed by atoms with E-state index in [-0.39, 0.29) is 21.4 Å². The number of carbonyl (C=O) groups is 2. The van der Waals surface area contributed by atoms with Gasteiger partial charge in [-0.3, -0.25) is 4.79 Å². The minimum absolute atomic E-state index is 0.0583. The molecule has 3 rings (SSSR count).